The van der Waals surface area contributed by atoms with Crippen LogP contribution < -0.4 is 5.32 Å². The van der Waals surface area contributed by atoms with Crippen molar-refractivity contribution in [2.75, 3.05) is 13.1 Å². The third-order valence-electron chi connectivity index (χ3n) is 3.66. The van der Waals surface area contributed by atoms with E-state index in [4.69, 9.17) is 0 Å². The molecule has 0 radical (unpaired) electrons. The van der Waals surface area contributed by atoms with Crippen LogP contribution in [-0.2, 0) is 0 Å². The van der Waals surface area contributed by atoms with Gasteiger partial charge < -0.3 is 15.5 Å². The van der Waals surface area contributed by atoms with Crippen molar-refractivity contribution in [1.82, 2.24) is 5.32 Å². The summed E-state index contributed by atoms with van der Waals surface area (Å²) in [4.78, 5) is 0. The van der Waals surface area contributed by atoms with Crippen LogP contribution in [0.3, 0.4) is 0 Å². The van der Waals surface area contributed by atoms with Crippen LogP contribution in [0, 0.1) is 13.8 Å². The van der Waals surface area contributed by atoms with Gasteiger partial charge in [-0.1, -0.05) is 0 Å². The number of hydrogen-bond acceptors (Lipinski definition) is 3. The van der Waals surface area contributed by atoms with Crippen LogP contribution in [0.4, 0.5) is 0 Å². The van der Waals surface area contributed by atoms with Crippen molar-refractivity contribution in [3.63, 3.8) is 0 Å². The molecular formula is C13H19NO2. The minimum absolute atomic E-state index is 0.0108. The van der Waals surface area contributed by atoms with E-state index in [0.717, 1.165) is 37.1 Å². The third-order valence-corrected chi connectivity index (χ3v) is 3.66. The largest absolute Gasteiger partial charge is 0.504 e. The fourth-order valence-corrected chi connectivity index (χ4v) is 2.47. The molecule has 16 heavy (non-hydrogen) atoms. The maximum atomic E-state index is 9.67. The lowest BCUT2D eigenvalue weighted by Gasteiger charge is -2.25. The van der Waals surface area contributed by atoms with Crippen molar-refractivity contribution in [1.29, 1.82) is 0 Å². The summed E-state index contributed by atoms with van der Waals surface area (Å²) >= 11 is 0. The molecule has 1 heterocycles. The highest BCUT2D eigenvalue weighted by Gasteiger charge is 2.20. The zero-order chi connectivity index (χ0) is 11.7. The molecule has 0 bridgehead atoms. The molecule has 3 nitrogen and oxygen atoms in total. The number of aromatic hydroxyl groups is 2. The smallest absolute Gasteiger partial charge is 0.160 e. The molecule has 1 aliphatic heterocycles. The van der Waals surface area contributed by atoms with Gasteiger partial charge >= 0.3 is 0 Å². The van der Waals surface area contributed by atoms with Gasteiger partial charge in [0.25, 0.3) is 0 Å². The van der Waals surface area contributed by atoms with Crippen LogP contribution in [0.2, 0.25) is 0 Å². The van der Waals surface area contributed by atoms with Gasteiger partial charge in [0.15, 0.2) is 11.5 Å². The first-order valence-corrected chi connectivity index (χ1v) is 5.84. The lowest BCUT2D eigenvalue weighted by atomic mass is 9.85. The van der Waals surface area contributed by atoms with E-state index in [1.807, 2.05) is 13.8 Å². The number of rotatable bonds is 1. The summed E-state index contributed by atoms with van der Waals surface area (Å²) in [5, 5.41) is 22.7. The van der Waals surface area contributed by atoms with E-state index in [-0.39, 0.29) is 11.5 Å². The van der Waals surface area contributed by atoms with Gasteiger partial charge in [0.1, 0.15) is 0 Å². The fourth-order valence-electron chi connectivity index (χ4n) is 2.47. The summed E-state index contributed by atoms with van der Waals surface area (Å²) < 4.78 is 0. The second-order valence-corrected chi connectivity index (χ2v) is 4.61. The summed E-state index contributed by atoms with van der Waals surface area (Å²) in [5.41, 5.74) is 3.10. The minimum Gasteiger partial charge on any atom is -0.504 e. The molecule has 3 heteroatoms. The van der Waals surface area contributed by atoms with Crippen LogP contribution in [-0.4, -0.2) is 23.3 Å². The fraction of sp³-hybridized carbons (Fsp3) is 0.538. The van der Waals surface area contributed by atoms with Crippen molar-refractivity contribution >= 4 is 0 Å². The molecule has 0 aromatic heterocycles. The molecule has 0 saturated carbocycles. The maximum absolute atomic E-state index is 9.67. The van der Waals surface area contributed by atoms with Crippen LogP contribution in [0.15, 0.2) is 6.07 Å². The number of hydrogen-bond donors (Lipinski definition) is 3. The molecule has 88 valence electrons. The number of phenols is 2. The first kappa shape index (κ1) is 11.3. The van der Waals surface area contributed by atoms with Gasteiger partial charge in [-0.3, -0.25) is 0 Å². The Kier molecular flexibility index (Phi) is 3.06. The Bertz CT molecular complexity index is 395. The molecule has 0 atom stereocenters. The normalized spacial score (nSPS) is 17.6. The quantitative estimate of drug-likeness (QED) is 0.637. The zero-order valence-corrected chi connectivity index (χ0v) is 9.88. The lowest BCUT2D eigenvalue weighted by Crippen LogP contribution is -2.27. The van der Waals surface area contributed by atoms with Crippen molar-refractivity contribution in [2.45, 2.75) is 32.6 Å². The van der Waals surface area contributed by atoms with E-state index in [2.05, 4.69) is 5.32 Å². The molecule has 1 fully saturated rings. The van der Waals surface area contributed by atoms with Crippen LogP contribution >= 0.6 is 0 Å². The van der Waals surface area contributed by atoms with Crippen molar-refractivity contribution in [3.8, 4) is 11.5 Å². The summed E-state index contributed by atoms with van der Waals surface area (Å²) in [6, 6.07) is 1.73. The maximum Gasteiger partial charge on any atom is 0.160 e. The molecule has 1 aromatic rings. The Morgan fingerprint density at radius 1 is 1.12 bits per heavy atom. The highest BCUT2D eigenvalue weighted by atomic mass is 16.3. The number of piperidine rings is 1. The SMILES string of the molecule is Cc1c(C2CCNCC2)cc(O)c(O)c1C. The van der Waals surface area contributed by atoms with Gasteiger partial charge in [0.05, 0.1) is 0 Å². The molecule has 1 saturated heterocycles. The van der Waals surface area contributed by atoms with E-state index in [1.54, 1.807) is 6.07 Å². The molecule has 3 N–H and O–H groups in total. The van der Waals surface area contributed by atoms with Gasteiger partial charge in [0.2, 0.25) is 0 Å². The predicted octanol–water partition coefficient (Wildman–Crippen LogP) is 2.18. The number of nitrogens with one attached hydrogen (secondary N) is 1. The Morgan fingerprint density at radius 2 is 1.75 bits per heavy atom. The number of phenolic OH excluding ortho intramolecular Hbond substituents is 2. The van der Waals surface area contributed by atoms with E-state index >= 15 is 0 Å². The van der Waals surface area contributed by atoms with E-state index in [0.29, 0.717) is 5.92 Å². The number of benzene rings is 1. The third kappa shape index (κ3) is 1.87. The topological polar surface area (TPSA) is 52.5 Å². The van der Waals surface area contributed by atoms with E-state index in [9.17, 15) is 10.2 Å². The van der Waals surface area contributed by atoms with E-state index < -0.39 is 0 Å². The lowest BCUT2D eigenvalue weighted by molar-refractivity contribution is 0.397. The van der Waals surface area contributed by atoms with Crippen LogP contribution in [0.5, 0.6) is 11.5 Å². The highest BCUT2D eigenvalue weighted by Crippen LogP contribution is 2.38. The van der Waals surface area contributed by atoms with Crippen LogP contribution in [0.1, 0.15) is 35.4 Å². The predicted molar refractivity (Wildman–Crippen MR) is 64.1 cm³/mol. The van der Waals surface area contributed by atoms with Crippen molar-refractivity contribution in [3.05, 3.63) is 22.8 Å². The average molecular weight is 221 g/mol. The standard InChI is InChI=1S/C13H19NO2/c1-8-9(2)13(16)12(15)7-11(8)10-3-5-14-6-4-10/h7,10,14-16H,3-6H2,1-2H3. The summed E-state index contributed by atoms with van der Waals surface area (Å²) in [7, 11) is 0. The Balaban J connectivity index is 2.40. The van der Waals surface area contributed by atoms with Gasteiger partial charge in [-0.15, -0.1) is 0 Å². The molecule has 0 amide bonds. The summed E-state index contributed by atoms with van der Waals surface area (Å²) in [5.74, 6) is 0.540. The van der Waals surface area contributed by atoms with Gasteiger partial charge in [-0.25, -0.2) is 0 Å². The van der Waals surface area contributed by atoms with Gasteiger partial charge in [-0.05, 0) is 68.5 Å². The Morgan fingerprint density at radius 3 is 2.38 bits per heavy atom. The molecule has 1 aliphatic rings. The van der Waals surface area contributed by atoms with Gasteiger partial charge in [-0.2, -0.15) is 0 Å². The summed E-state index contributed by atoms with van der Waals surface area (Å²) in [6.07, 6.45) is 2.20. The van der Waals surface area contributed by atoms with Crippen LogP contribution in [0.25, 0.3) is 0 Å². The minimum atomic E-state index is 0.0108. The second-order valence-electron chi connectivity index (χ2n) is 4.61. The molecule has 1 aromatic carbocycles. The molecular weight excluding hydrogens is 202 g/mol. The first-order chi connectivity index (χ1) is 7.61. The Hall–Kier alpha value is -1.22. The second kappa shape index (κ2) is 4.34. The monoisotopic (exact) mass is 221 g/mol. The van der Waals surface area contributed by atoms with E-state index in [1.165, 1.54) is 5.56 Å². The molecule has 0 unspecified atom stereocenters. The molecule has 2 rings (SSSR count). The highest BCUT2D eigenvalue weighted by molar-refractivity contribution is 5.52. The first-order valence-electron chi connectivity index (χ1n) is 5.84. The molecule has 0 aliphatic carbocycles. The van der Waals surface area contributed by atoms with Gasteiger partial charge in [0, 0.05) is 0 Å². The van der Waals surface area contributed by atoms with Crippen molar-refractivity contribution in [2.24, 2.45) is 0 Å². The zero-order valence-electron chi connectivity index (χ0n) is 9.88. The van der Waals surface area contributed by atoms with Crippen molar-refractivity contribution < 1.29 is 10.2 Å². The molecule has 0 spiro atoms. The Labute approximate surface area is 96.1 Å². The average Bonchev–Trinajstić information content (AvgIpc) is 2.32. The summed E-state index contributed by atoms with van der Waals surface area (Å²) in [6.45, 7) is 5.94.